The maximum Gasteiger partial charge on any atom is 0.466 e. The fourth-order valence-electron chi connectivity index (χ4n) is 5.31. The molecule has 2 fully saturated rings. The Hall–Kier alpha value is -0.710. The molecular weight excluding hydrogens is 325 g/mol. The van der Waals surface area contributed by atoms with Gasteiger partial charge in [0.25, 0.3) is 0 Å². The minimum absolute atomic E-state index is 0.537. The summed E-state index contributed by atoms with van der Waals surface area (Å²) in [6.45, 7) is 3.56. The Kier molecular flexibility index (Phi) is 4.93. The van der Waals surface area contributed by atoms with Gasteiger partial charge >= 0.3 is 7.82 Å². The van der Waals surface area contributed by atoms with Crippen molar-refractivity contribution in [2.75, 3.05) is 13.6 Å². The molecule has 3 N–H and O–H groups in total. The lowest BCUT2D eigenvalue weighted by atomic mass is 9.52. The van der Waals surface area contributed by atoms with E-state index in [1.165, 1.54) is 50.6 Å². The Bertz CT molecular complexity index is 650. The van der Waals surface area contributed by atoms with Gasteiger partial charge in [0.15, 0.2) is 0 Å². The second-order valence-corrected chi connectivity index (χ2v) is 8.71. The molecule has 0 amide bonds. The summed E-state index contributed by atoms with van der Waals surface area (Å²) < 4.78 is 8.88. The number of phosphoric acid groups is 1. The minimum atomic E-state index is -4.64. The van der Waals surface area contributed by atoms with Gasteiger partial charge in [0, 0.05) is 11.5 Å². The normalized spacial score (nSPS) is 32.2. The summed E-state index contributed by atoms with van der Waals surface area (Å²) in [6, 6.07) is 8.07. The highest BCUT2D eigenvalue weighted by Crippen LogP contribution is 2.55. The van der Waals surface area contributed by atoms with Gasteiger partial charge < -0.3 is 19.6 Å². The van der Waals surface area contributed by atoms with Crippen molar-refractivity contribution in [1.82, 2.24) is 4.90 Å². The van der Waals surface area contributed by atoms with Crippen LogP contribution in [-0.4, -0.2) is 39.2 Å². The van der Waals surface area contributed by atoms with Crippen LogP contribution >= 0.6 is 7.82 Å². The summed E-state index contributed by atoms with van der Waals surface area (Å²) in [7, 11) is -2.29. The molecule has 6 heteroatoms. The van der Waals surface area contributed by atoms with Crippen LogP contribution in [0.5, 0.6) is 0 Å². The van der Waals surface area contributed by atoms with Crippen LogP contribution < -0.4 is 0 Å². The fourth-order valence-corrected chi connectivity index (χ4v) is 5.31. The first-order valence-corrected chi connectivity index (χ1v) is 10.4. The van der Waals surface area contributed by atoms with Gasteiger partial charge in [-0.15, -0.1) is 0 Å². The van der Waals surface area contributed by atoms with E-state index >= 15 is 0 Å². The Morgan fingerprint density at radius 3 is 2.62 bits per heavy atom. The molecular formula is C18H28NO4P. The molecule has 1 heterocycles. The lowest BCUT2D eigenvalue weighted by Crippen LogP contribution is -2.59. The smallest absolute Gasteiger partial charge is 0.303 e. The van der Waals surface area contributed by atoms with Gasteiger partial charge in [0.1, 0.15) is 0 Å². The Morgan fingerprint density at radius 2 is 1.92 bits per heavy atom. The molecule has 134 valence electrons. The molecule has 1 saturated carbocycles. The molecule has 3 atom stereocenters. The molecule has 1 aromatic rings. The van der Waals surface area contributed by atoms with Crippen molar-refractivity contribution in [3.8, 4) is 0 Å². The van der Waals surface area contributed by atoms with E-state index in [0.717, 1.165) is 12.0 Å². The van der Waals surface area contributed by atoms with Gasteiger partial charge in [-0.2, -0.15) is 0 Å². The van der Waals surface area contributed by atoms with Crippen LogP contribution in [0.3, 0.4) is 0 Å². The summed E-state index contributed by atoms with van der Waals surface area (Å²) in [6.07, 6.45) is 8.48. The summed E-state index contributed by atoms with van der Waals surface area (Å²) in [5.74, 6) is 0.925. The topological polar surface area (TPSA) is 81.0 Å². The maximum absolute atomic E-state index is 8.88. The van der Waals surface area contributed by atoms with Crippen LogP contribution in [0.1, 0.15) is 48.8 Å². The molecule has 1 aromatic carbocycles. The number of rotatable bonds is 0. The molecule has 4 rings (SSSR count). The predicted octanol–water partition coefficient (Wildman–Crippen LogP) is 2.75. The van der Waals surface area contributed by atoms with Crippen molar-refractivity contribution in [3.63, 3.8) is 0 Å². The van der Waals surface area contributed by atoms with Gasteiger partial charge in [-0.05, 0) is 63.2 Å². The third-order valence-corrected chi connectivity index (χ3v) is 6.27. The van der Waals surface area contributed by atoms with Crippen LogP contribution in [0.2, 0.25) is 0 Å². The molecule has 0 unspecified atom stereocenters. The second-order valence-electron chi connectivity index (χ2n) is 7.68. The average Bonchev–Trinajstić information content (AvgIpc) is 2.50. The van der Waals surface area contributed by atoms with E-state index < -0.39 is 7.82 Å². The van der Waals surface area contributed by atoms with Crippen molar-refractivity contribution in [2.45, 2.75) is 56.9 Å². The largest absolute Gasteiger partial charge is 0.466 e. The average molecular weight is 353 g/mol. The van der Waals surface area contributed by atoms with E-state index in [4.69, 9.17) is 19.2 Å². The highest BCUT2D eigenvalue weighted by molar-refractivity contribution is 7.45. The van der Waals surface area contributed by atoms with Crippen LogP contribution in [-0.2, 0) is 16.4 Å². The fraction of sp³-hybridized carbons (Fsp3) is 0.667. The zero-order valence-corrected chi connectivity index (χ0v) is 15.4. The van der Waals surface area contributed by atoms with Gasteiger partial charge in [-0.1, -0.05) is 36.6 Å². The third kappa shape index (κ3) is 3.47. The summed E-state index contributed by atoms with van der Waals surface area (Å²) in [5, 5.41) is 0. The number of benzene rings is 1. The molecule has 1 saturated heterocycles. The third-order valence-electron chi connectivity index (χ3n) is 6.27. The first-order valence-electron chi connectivity index (χ1n) is 8.79. The van der Waals surface area contributed by atoms with E-state index in [0.29, 0.717) is 5.41 Å². The Morgan fingerprint density at radius 1 is 1.21 bits per heavy atom. The van der Waals surface area contributed by atoms with Crippen molar-refractivity contribution in [1.29, 1.82) is 0 Å². The van der Waals surface area contributed by atoms with Crippen LogP contribution in [0.4, 0.5) is 0 Å². The number of piperidine rings is 1. The molecule has 0 spiro atoms. The highest BCUT2D eigenvalue weighted by atomic mass is 31.2. The molecule has 0 radical (unpaired) electrons. The number of likely N-dealkylation sites (tertiary alicyclic amines) is 1. The molecule has 1 aliphatic heterocycles. The Labute approximate surface area is 143 Å². The van der Waals surface area contributed by atoms with Crippen molar-refractivity contribution in [2.24, 2.45) is 5.92 Å². The first kappa shape index (κ1) is 18.1. The summed E-state index contributed by atoms with van der Waals surface area (Å²) >= 11 is 0. The lowest BCUT2D eigenvalue weighted by molar-refractivity contribution is 0.00283. The zero-order valence-electron chi connectivity index (χ0n) is 14.5. The van der Waals surface area contributed by atoms with Gasteiger partial charge in [-0.25, -0.2) is 4.57 Å². The number of hydrogen-bond donors (Lipinski definition) is 3. The molecule has 0 aromatic heterocycles. The standard InChI is InChI=1S/C18H25N.H3O4P/c1-13-6-7-14-12-17-15-5-3-4-8-18(15,16(14)11-13)9-10-19(17)2;1-5(2,3)4/h6-7,11,15,17H,3-5,8-10,12H2,1-2H3;(H3,1,2,3,4)/t15-,17-,18+;/m1./s1. The number of likely N-dealkylation sites (N-methyl/N-ethyl adjacent to an activating group) is 1. The lowest BCUT2D eigenvalue weighted by Gasteiger charge is -2.58. The van der Waals surface area contributed by atoms with Crippen LogP contribution in [0, 0.1) is 12.8 Å². The highest BCUT2D eigenvalue weighted by Gasteiger charge is 2.52. The SMILES string of the molecule is Cc1ccc2c(c1)[C@]13CCCC[C@@H]1[C@@H](C2)N(C)CC3.O=P(O)(O)O. The van der Waals surface area contributed by atoms with E-state index in [2.05, 4.69) is 37.1 Å². The number of nitrogens with zero attached hydrogens (tertiary/aromatic N) is 1. The zero-order chi connectivity index (χ0) is 17.5. The van der Waals surface area contributed by atoms with E-state index in [9.17, 15) is 0 Å². The summed E-state index contributed by atoms with van der Waals surface area (Å²) in [5.41, 5.74) is 5.38. The van der Waals surface area contributed by atoms with E-state index in [1.807, 2.05) is 0 Å². The molecule has 2 bridgehead atoms. The number of hydrogen-bond acceptors (Lipinski definition) is 2. The van der Waals surface area contributed by atoms with E-state index in [-0.39, 0.29) is 0 Å². The number of fused-ring (bicyclic) bond motifs is 1. The first-order chi connectivity index (χ1) is 11.2. The second kappa shape index (κ2) is 6.54. The maximum atomic E-state index is 8.88. The monoisotopic (exact) mass is 353 g/mol. The predicted molar refractivity (Wildman–Crippen MR) is 93.8 cm³/mol. The minimum Gasteiger partial charge on any atom is -0.303 e. The van der Waals surface area contributed by atoms with Crippen molar-refractivity contribution in [3.05, 3.63) is 34.9 Å². The quantitative estimate of drug-likeness (QED) is 0.625. The number of aryl methyl sites for hydroxylation is 1. The molecule has 3 aliphatic rings. The summed E-state index contributed by atoms with van der Waals surface area (Å²) in [4.78, 5) is 24.2. The van der Waals surface area contributed by atoms with Gasteiger partial charge in [-0.3, -0.25) is 0 Å². The Balaban J connectivity index is 0.000000300. The van der Waals surface area contributed by atoms with Crippen LogP contribution in [0.15, 0.2) is 18.2 Å². The van der Waals surface area contributed by atoms with Crippen molar-refractivity contribution < 1.29 is 19.2 Å². The molecule has 24 heavy (non-hydrogen) atoms. The van der Waals surface area contributed by atoms with E-state index in [1.54, 1.807) is 11.1 Å². The molecule has 2 aliphatic carbocycles. The van der Waals surface area contributed by atoms with Gasteiger partial charge in [0.2, 0.25) is 0 Å². The van der Waals surface area contributed by atoms with Crippen molar-refractivity contribution >= 4 is 7.82 Å². The van der Waals surface area contributed by atoms with Gasteiger partial charge in [0.05, 0.1) is 0 Å². The molecule has 5 nitrogen and oxygen atoms in total. The van der Waals surface area contributed by atoms with Crippen LogP contribution in [0.25, 0.3) is 0 Å².